The van der Waals surface area contributed by atoms with Crippen molar-refractivity contribution < 1.29 is 0 Å². The van der Waals surface area contributed by atoms with E-state index in [1.165, 1.54) is 0 Å². The highest BCUT2D eigenvalue weighted by Crippen LogP contribution is 2.26. The Morgan fingerprint density at radius 3 is 2.62 bits per heavy atom. The SMILES string of the molecule is CCN(C)/C(=N\C#N)NC1CCC(CCNC(=N)N)CC1. The monoisotopic (exact) mass is 293 g/mol. The van der Waals surface area contributed by atoms with Crippen molar-refractivity contribution in [1.29, 1.82) is 10.7 Å². The molecule has 7 nitrogen and oxygen atoms in total. The lowest BCUT2D eigenvalue weighted by Crippen LogP contribution is -2.45. The van der Waals surface area contributed by atoms with Crippen LogP contribution in [-0.4, -0.2) is 43.0 Å². The third kappa shape index (κ3) is 6.34. The molecule has 0 aromatic rings. The van der Waals surface area contributed by atoms with Crippen molar-refractivity contribution in [3.8, 4) is 6.19 Å². The molecule has 21 heavy (non-hydrogen) atoms. The lowest BCUT2D eigenvalue weighted by molar-refractivity contribution is 0.293. The Hall–Kier alpha value is -1.97. The van der Waals surface area contributed by atoms with Gasteiger partial charge in [-0.25, -0.2) is 0 Å². The molecule has 0 amide bonds. The Bertz CT molecular complexity index is 391. The quantitative estimate of drug-likeness (QED) is 0.340. The van der Waals surface area contributed by atoms with Crippen molar-refractivity contribution in [1.82, 2.24) is 15.5 Å². The van der Waals surface area contributed by atoms with Crippen LogP contribution < -0.4 is 16.4 Å². The fourth-order valence-electron chi connectivity index (χ4n) is 2.61. The molecule has 0 bridgehead atoms. The molecule has 0 spiro atoms. The first kappa shape index (κ1) is 17.1. The second-order valence-electron chi connectivity index (χ2n) is 5.54. The molecule has 118 valence electrons. The summed E-state index contributed by atoms with van der Waals surface area (Å²) in [7, 11) is 1.93. The Morgan fingerprint density at radius 1 is 1.43 bits per heavy atom. The topological polar surface area (TPSA) is 113 Å². The van der Waals surface area contributed by atoms with Crippen LogP contribution >= 0.6 is 0 Å². The zero-order valence-electron chi connectivity index (χ0n) is 13.0. The van der Waals surface area contributed by atoms with Gasteiger partial charge in [-0.2, -0.15) is 5.26 Å². The van der Waals surface area contributed by atoms with Gasteiger partial charge in [0.25, 0.3) is 0 Å². The molecule has 1 aliphatic rings. The number of hydrogen-bond donors (Lipinski definition) is 4. The maximum Gasteiger partial charge on any atom is 0.209 e. The molecule has 0 unspecified atom stereocenters. The summed E-state index contributed by atoms with van der Waals surface area (Å²) in [5.74, 6) is 1.40. The third-order valence-corrected chi connectivity index (χ3v) is 4.04. The number of aliphatic imine (C=N–C) groups is 1. The van der Waals surface area contributed by atoms with E-state index in [9.17, 15) is 0 Å². The number of guanidine groups is 2. The van der Waals surface area contributed by atoms with Crippen molar-refractivity contribution in [3.63, 3.8) is 0 Å². The van der Waals surface area contributed by atoms with Crippen LogP contribution in [0.1, 0.15) is 39.0 Å². The smallest absolute Gasteiger partial charge is 0.209 e. The van der Waals surface area contributed by atoms with E-state index in [1.54, 1.807) is 0 Å². The Morgan fingerprint density at radius 2 is 2.10 bits per heavy atom. The molecule has 7 heteroatoms. The molecule has 0 heterocycles. The van der Waals surface area contributed by atoms with Crippen LogP contribution in [0.3, 0.4) is 0 Å². The van der Waals surface area contributed by atoms with E-state index in [-0.39, 0.29) is 5.96 Å². The van der Waals surface area contributed by atoms with Crippen molar-refractivity contribution in [2.24, 2.45) is 16.6 Å². The molecular weight excluding hydrogens is 266 g/mol. The summed E-state index contributed by atoms with van der Waals surface area (Å²) in [6.45, 7) is 3.63. The maximum atomic E-state index is 8.76. The highest BCUT2D eigenvalue weighted by molar-refractivity contribution is 5.80. The standard InChI is InChI=1S/C14H27N7/c1-3-21(2)14(19-10-15)20-12-6-4-11(5-7-12)8-9-18-13(16)17/h11-12H,3-9H2,1-2H3,(H,19,20)(H4,16,17,18). The molecule has 0 radical (unpaired) electrons. The van der Waals surface area contributed by atoms with Crippen molar-refractivity contribution in [2.75, 3.05) is 20.1 Å². The molecule has 1 rings (SSSR count). The van der Waals surface area contributed by atoms with Gasteiger partial charge in [0.15, 0.2) is 5.96 Å². The van der Waals surface area contributed by atoms with E-state index >= 15 is 0 Å². The van der Waals surface area contributed by atoms with Gasteiger partial charge in [-0.05, 0) is 44.9 Å². The second-order valence-corrected chi connectivity index (χ2v) is 5.54. The van der Waals surface area contributed by atoms with Crippen molar-refractivity contribution in [3.05, 3.63) is 0 Å². The van der Waals surface area contributed by atoms with E-state index in [2.05, 4.69) is 15.6 Å². The highest BCUT2D eigenvalue weighted by Gasteiger charge is 2.22. The Kier molecular flexibility index (Phi) is 7.37. The van der Waals surface area contributed by atoms with Crippen molar-refractivity contribution >= 4 is 11.9 Å². The summed E-state index contributed by atoms with van der Waals surface area (Å²) in [5.41, 5.74) is 5.27. The predicted octanol–water partition coefficient (Wildman–Crippen LogP) is 0.797. The molecule has 1 fully saturated rings. The van der Waals surface area contributed by atoms with Crippen LogP contribution in [0.4, 0.5) is 0 Å². The number of nitrogens with two attached hydrogens (primary N) is 1. The van der Waals surface area contributed by atoms with Gasteiger partial charge in [0.2, 0.25) is 12.2 Å². The normalized spacial score (nSPS) is 22.2. The molecule has 5 N–H and O–H groups in total. The molecule has 0 aliphatic heterocycles. The minimum absolute atomic E-state index is 0.0466. The predicted molar refractivity (Wildman–Crippen MR) is 84.8 cm³/mol. The van der Waals surface area contributed by atoms with Crippen LogP contribution in [0.5, 0.6) is 0 Å². The van der Waals surface area contributed by atoms with Gasteiger partial charge >= 0.3 is 0 Å². The number of hydrogen-bond acceptors (Lipinski definition) is 3. The van der Waals surface area contributed by atoms with Crippen LogP contribution in [0.2, 0.25) is 0 Å². The average molecular weight is 293 g/mol. The fraction of sp³-hybridized carbons (Fsp3) is 0.786. The van der Waals surface area contributed by atoms with Crippen molar-refractivity contribution in [2.45, 2.75) is 45.1 Å². The largest absolute Gasteiger partial charge is 0.370 e. The zero-order chi connectivity index (χ0) is 15.7. The minimum Gasteiger partial charge on any atom is -0.370 e. The van der Waals surface area contributed by atoms with Gasteiger partial charge in [0.1, 0.15) is 0 Å². The lowest BCUT2D eigenvalue weighted by Gasteiger charge is -2.31. The van der Waals surface area contributed by atoms with E-state index in [0.717, 1.165) is 45.2 Å². The molecule has 1 aliphatic carbocycles. The maximum absolute atomic E-state index is 8.76. The number of rotatable bonds is 5. The van der Waals surface area contributed by atoms with E-state index in [4.69, 9.17) is 16.4 Å². The van der Waals surface area contributed by atoms with E-state index in [0.29, 0.717) is 17.9 Å². The fourth-order valence-corrected chi connectivity index (χ4v) is 2.61. The molecular formula is C14H27N7. The summed E-state index contributed by atoms with van der Waals surface area (Å²) < 4.78 is 0. The first-order valence-corrected chi connectivity index (χ1v) is 7.59. The molecule has 0 saturated heterocycles. The van der Waals surface area contributed by atoms with Gasteiger partial charge in [-0.15, -0.1) is 4.99 Å². The molecule has 0 atom stereocenters. The summed E-state index contributed by atoms with van der Waals surface area (Å²) >= 11 is 0. The number of nitrogens with one attached hydrogen (secondary N) is 3. The minimum atomic E-state index is 0.0466. The van der Waals surface area contributed by atoms with Crippen LogP contribution in [0.15, 0.2) is 4.99 Å². The highest BCUT2D eigenvalue weighted by atomic mass is 15.3. The molecule has 0 aromatic carbocycles. The Labute approximate surface area is 127 Å². The third-order valence-electron chi connectivity index (χ3n) is 4.04. The first-order chi connectivity index (χ1) is 10.1. The number of nitriles is 1. The van der Waals surface area contributed by atoms with Crippen LogP contribution in [0.25, 0.3) is 0 Å². The van der Waals surface area contributed by atoms with Gasteiger partial charge in [-0.3, -0.25) is 5.41 Å². The zero-order valence-corrected chi connectivity index (χ0v) is 13.0. The van der Waals surface area contributed by atoms with Gasteiger partial charge in [0, 0.05) is 26.2 Å². The molecule has 1 saturated carbocycles. The molecule has 0 aromatic heterocycles. The van der Waals surface area contributed by atoms with Crippen LogP contribution in [-0.2, 0) is 0 Å². The van der Waals surface area contributed by atoms with Crippen LogP contribution in [0, 0.1) is 22.8 Å². The Balaban J connectivity index is 2.34. The van der Waals surface area contributed by atoms with E-state index in [1.807, 2.05) is 25.1 Å². The summed E-state index contributed by atoms with van der Waals surface area (Å²) in [6, 6.07) is 0.392. The van der Waals surface area contributed by atoms with E-state index < -0.39 is 0 Å². The summed E-state index contributed by atoms with van der Waals surface area (Å²) in [6.07, 6.45) is 7.42. The second kappa shape index (κ2) is 9.06. The number of nitrogens with zero attached hydrogens (tertiary/aromatic N) is 3. The van der Waals surface area contributed by atoms with Gasteiger partial charge in [0.05, 0.1) is 0 Å². The van der Waals surface area contributed by atoms with Gasteiger partial charge < -0.3 is 21.3 Å². The lowest BCUT2D eigenvalue weighted by atomic mass is 9.84. The summed E-state index contributed by atoms with van der Waals surface area (Å²) in [5, 5.41) is 22.1. The summed E-state index contributed by atoms with van der Waals surface area (Å²) in [4.78, 5) is 5.82. The van der Waals surface area contributed by atoms with Gasteiger partial charge in [-0.1, -0.05) is 0 Å². The average Bonchev–Trinajstić information content (AvgIpc) is 2.47. The first-order valence-electron chi connectivity index (χ1n) is 7.59.